The van der Waals surface area contributed by atoms with Gasteiger partial charge in [-0.15, -0.1) is 0 Å². The van der Waals surface area contributed by atoms with E-state index in [-0.39, 0.29) is 12.0 Å². The Morgan fingerprint density at radius 2 is 1.96 bits per heavy atom. The summed E-state index contributed by atoms with van der Waals surface area (Å²) in [4.78, 5) is 15.1. The molecule has 7 heteroatoms. The molecule has 4 rings (SSSR count). The monoisotopic (exact) mass is 375 g/mol. The van der Waals surface area contributed by atoms with Crippen LogP contribution in [0.5, 0.6) is 0 Å². The third kappa shape index (κ3) is 4.05. The molecule has 6 nitrogen and oxygen atoms in total. The lowest BCUT2D eigenvalue weighted by atomic mass is 10.1. The molecule has 2 aliphatic heterocycles. The van der Waals surface area contributed by atoms with Crippen molar-refractivity contribution in [3.8, 4) is 0 Å². The van der Waals surface area contributed by atoms with Gasteiger partial charge in [0.25, 0.3) is 0 Å². The number of likely N-dealkylation sites (tertiary alicyclic amines) is 1. The van der Waals surface area contributed by atoms with E-state index in [1.165, 1.54) is 44.9 Å². The second-order valence-corrected chi connectivity index (χ2v) is 9.20. The van der Waals surface area contributed by atoms with Crippen LogP contribution in [0, 0.1) is 5.92 Å². The average Bonchev–Trinajstić information content (AvgIpc) is 3.08. The van der Waals surface area contributed by atoms with Gasteiger partial charge >= 0.3 is 0 Å². The van der Waals surface area contributed by atoms with Gasteiger partial charge in [0, 0.05) is 42.8 Å². The molecule has 1 unspecified atom stereocenters. The number of fused-ring (bicyclic) bond motifs is 1. The predicted octanol–water partition coefficient (Wildman–Crippen LogP) is 2.61. The summed E-state index contributed by atoms with van der Waals surface area (Å²) in [5.41, 5.74) is 7.53. The fourth-order valence-corrected chi connectivity index (χ4v) is 5.89. The van der Waals surface area contributed by atoms with Gasteiger partial charge in [0.2, 0.25) is 0 Å². The van der Waals surface area contributed by atoms with E-state index in [0.717, 1.165) is 42.0 Å². The van der Waals surface area contributed by atoms with Crippen molar-refractivity contribution in [3.63, 3.8) is 0 Å². The minimum absolute atomic E-state index is 0.149. The van der Waals surface area contributed by atoms with Gasteiger partial charge < -0.3 is 10.8 Å². The normalized spacial score (nSPS) is 29.8. The summed E-state index contributed by atoms with van der Waals surface area (Å²) in [6, 6.07) is 0. The molecule has 1 aliphatic carbocycles. The number of rotatable bonds is 5. The van der Waals surface area contributed by atoms with Crippen molar-refractivity contribution in [2.45, 2.75) is 55.8 Å². The lowest BCUT2D eigenvalue weighted by molar-refractivity contribution is 0.149. The smallest absolute Gasteiger partial charge is 0.153 e. The van der Waals surface area contributed by atoms with Gasteiger partial charge in [-0.3, -0.25) is 9.89 Å². The summed E-state index contributed by atoms with van der Waals surface area (Å²) in [6.07, 6.45) is 11.5. The number of β-amino-alcohol motifs (C(OH)–C–C–N with tert-alkyl or cyclic N) is 1. The van der Waals surface area contributed by atoms with Crippen LogP contribution in [-0.4, -0.2) is 62.9 Å². The molecule has 0 spiro atoms. The van der Waals surface area contributed by atoms with Crippen LogP contribution >= 0.6 is 11.8 Å². The highest BCUT2D eigenvalue weighted by molar-refractivity contribution is 7.99. The van der Waals surface area contributed by atoms with Crippen LogP contribution in [-0.2, 0) is 0 Å². The van der Waals surface area contributed by atoms with E-state index in [2.05, 4.69) is 31.6 Å². The third-order valence-corrected chi connectivity index (χ3v) is 7.46. The molecule has 142 valence electrons. The van der Waals surface area contributed by atoms with E-state index in [1.54, 1.807) is 0 Å². The maximum atomic E-state index is 10.5. The number of thioether (sulfide) groups is 1. The lowest BCUT2D eigenvalue weighted by Gasteiger charge is -2.20. The number of anilines is 1. The molecular formula is C19H29N5OS. The van der Waals surface area contributed by atoms with Crippen molar-refractivity contribution in [3.05, 3.63) is 12.0 Å². The standard InChI is InChI=1S/C19H29N5OS/c20-19-18-17(22-12-23-19)13(7-21-18)8-24-9-14(16(25)10-24)11-26-15-5-3-1-2-4-6-15/h7,12-16,25H,1-6,8-11H2,(H2,20,22,23)/t13?,14-,16+/m1/s1. The zero-order valence-corrected chi connectivity index (χ0v) is 16.1. The first-order valence-electron chi connectivity index (χ1n) is 9.87. The van der Waals surface area contributed by atoms with E-state index in [0.29, 0.717) is 11.7 Å². The molecule has 26 heavy (non-hydrogen) atoms. The van der Waals surface area contributed by atoms with Crippen molar-refractivity contribution in [1.29, 1.82) is 0 Å². The summed E-state index contributed by atoms with van der Waals surface area (Å²) in [7, 11) is 0. The van der Waals surface area contributed by atoms with Gasteiger partial charge in [-0.1, -0.05) is 25.7 Å². The Bertz CT molecular complexity index is 647. The first-order chi connectivity index (χ1) is 12.7. The number of nitrogen functional groups attached to an aromatic ring is 1. The fraction of sp³-hybridized carbons (Fsp3) is 0.737. The van der Waals surface area contributed by atoms with Crippen LogP contribution in [0.25, 0.3) is 0 Å². The minimum Gasteiger partial charge on any atom is -0.391 e. The molecule has 1 aromatic rings. The van der Waals surface area contributed by atoms with Crippen LogP contribution in [0.2, 0.25) is 0 Å². The highest BCUT2D eigenvalue weighted by Gasteiger charge is 2.34. The number of aliphatic imine (C=N–C) groups is 1. The molecule has 3 aliphatic rings. The van der Waals surface area contributed by atoms with Gasteiger partial charge in [0.15, 0.2) is 5.82 Å². The minimum atomic E-state index is -0.221. The largest absolute Gasteiger partial charge is 0.391 e. The highest BCUT2D eigenvalue weighted by Crippen LogP contribution is 2.35. The molecule has 3 heterocycles. The van der Waals surface area contributed by atoms with E-state index in [9.17, 15) is 5.11 Å². The SMILES string of the molecule is Nc1ncnc2c1N=CC2CN1C[C@H](CSC2CCCCCC2)[C@@H](O)C1. The molecule has 0 amide bonds. The Labute approximate surface area is 159 Å². The van der Waals surface area contributed by atoms with Crippen molar-refractivity contribution in [1.82, 2.24) is 14.9 Å². The Hall–Kier alpha value is -1.18. The average molecular weight is 376 g/mol. The Kier molecular flexibility index (Phi) is 5.76. The first kappa shape index (κ1) is 18.2. The number of nitrogens with two attached hydrogens (primary N) is 1. The van der Waals surface area contributed by atoms with Crippen LogP contribution in [0.3, 0.4) is 0 Å². The van der Waals surface area contributed by atoms with Crippen molar-refractivity contribution >= 4 is 29.5 Å². The summed E-state index contributed by atoms with van der Waals surface area (Å²) >= 11 is 2.10. The van der Waals surface area contributed by atoms with E-state index >= 15 is 0 Å². The van der Waals surface area contributed by atoms with Gasteiger partial charge in [0.1, 0.15) is 12.0 Å². The molecule has 0 bridgehead atoms. The van der Waals surface area contributed by atoms with Crippen LogP contribution in [0.15, 0.2) is 11.3 Å². The zero-order valence-electron chi connectivity index (χ0n) is 15.3. The molecule has 0 aromatic carbocycles. The van der Waals surface area contributed by atoms with Crippen molar-refractivity contribution < 1.29 is 5.11 Å². The number of aliphatic hydroxyl groups excluding tert-OH is 1. The number of hydrogen-bond acceptors (Lipinski definition) is 7. The Balaban J connectivity index is 1.29. The third-order valence-electron chi connectivity index (χ3n) is 5.90. The summed E-state index contributed by atoms with van der Waals surface area (Å²) in [5, 5.41) is 11.3. The maximum absolute atomic E-state index is 10.5. The van der Waals surface area contributed by atoms with E-state index < -0.39 is 0 Å². The van der Waals surface area contributed by atoms with Crippen LogP contribution in [0.4, 0.5) is 11.5 Å². The van der Waals surface area contributed by atoms with Gasteiger partial charge in [-0.05, 0) is 12.8 Å². The van der Waals surface area contributed by atoms with E-state index in [1.807, 2.05) is 6.21 Å². The molecule has 3 N–H and O–H groups in total. The van der Waals surface area contributed by atoms with E-state index in [4.69, 9.17) is 5.73 Å². The van der Waals surface area contributed by atoms with Gasteiger partial charge in [-0.2, -0.15) is 11.8 Å². The Morgan fingerprint density at radius 1 is 1.15 bits per heavy atom. The van der Waals surface area contributed by atoms with Crippen LogP contribution in [0.1, 0.15) is 50.1 Å². The fourth-order valence-electron chi connectivity index (χ4n) is 4.38. The first-order valence-corrected chi connectivity index (χ1v) is 10.9. The number of nitrogens with zero attached hydrogens (tertiary/aromatic N) is 4. The highest BCUT2D eigenvalue weighted by atomic mass is 32.2. The molecule has 0 radical (unpaired) electrons. The van der Waals surface area contributed by atoms with Crippen LogP contribution < -0.4 is 5.73 Å². The number of hydrogen-bond donors (Lipinski definition) is 2. The number of aromatic nitrogens is 2. The molecular weight excluding hydrogens is 346 g/mol. The summed E-state index contributed by atoms with van der Waals surface area (Å²) in [6.45, 7) is 2.55. The quantitative estimate of drug-likeness (QED) is 0.769. The predicted molar refractivity (Wildman–Crippen MR) is 107 cm³/mol. The van der Waals surface area contributed by atoms with Gasteiger partial charge in [-0.25, -0.2) is 9.97 Å². The molecule has 3 atom stereocenters. The summed E-state index contributed by atoms with van der Waals surface area (Å²) in [5.74, 6) is 2.05. The zero-order chi connectivity index (χ0) is 17.9. The molecule has 2 fully saturated rings. The second-order valence-electron chi connectivity index (χ2n) is 7.87. The molecule has 1 aromatic heterocycles. The maximum Gasteiger partial charge on any atom is 0.153 e. The summed E-state index contributed by atoms with van der Waals surface area (Å²) < 4.78 is 0. The molecule has 1 saturated carbocycles. The number of aliphatic hydroxyl groups is 1. The van der Waals surface area contributed by atoms with Crippen molar-refractivity contribution in [2.75, 3.05) is 31.1 Å². The van der Waals surface area contributed by atoms with Crippen molar-refractivity contribution in [2.24, 2.45) is 10.9 Å². The topological polar surface area (TPSA) is 87.6 Å². The Morgan fingerprint density at radius 3 is 2.77 bits per heavy atom. The molecule has 1 saturated heterocycles. The second kappa shape index (κ2) is 8.23. The lowest BCUT2D eigenvalue weighted by Crippen LogP contribution is -2.27. The van der Waals surface area contributed by atoms with Gasteiger partial charge in [0.05, 0.1) is 17.7 Å².